The summed E-state index contributed by atoms with van der Waals surface area (Å²) in [5.41, 5.74) is 0.319. The van der Waals surface area contributed by atoms with Crippen LogP contribution in [0.2, 0.25) is 0 Å². The second kappa shape index (κ2) is 9.62. The van der Waals surface area contributed by atoms with Gasteiger partial charge in [-0.2, -0.15) is 0 Å². The summed E-state index contributed by atoms with van der Waals surface area (Å²) in [6, 6.07) is 9.76. The van der Waals surface area contributed by atoms with E-state index in [-0.39, 0.29) is 23.4 Å². The molecule has 2 aliphatic heterocycles. The number of aliphatic hydroxyl groups excluding tert-OH is 1. The predicted molar refractivity (Wildman–Crippen MR) is 121 cm³/mol. The summed E-state index contributed by atoms with van der Waals surface area (Å²) >= 11 is 0. The monoisotopic (exact) mass is 454 g/mol. The average Bonchev–Trinajstić information content (AvgIpc) is 3.09. The van der Waals surface area contributed by atoms with Crippen LogP contribution >= 0.6 is 0 Å². The maximum absolute atomic E-state index is 14.9. The predicted octanol–water partition coefficient (Wildman–Crippen LogP) is 3.36. The lowest BCUT2D eigenvalue weighted by Crippen LogP contribution is -2.38. The lowest BCUT2D eigenvalue weighted by atomic mass is 9.94. The lowest BCUT2D eigenvalue weighted by Gasteiger charge is -2.28. The minimum atomic E-state index is -1.03. The van der Waals surface area contributed by atoms with E-state index < -0.39 is 23.5 Å². The Kier molecular flexibility index (Phi) is 6.65. The van der Waals surface area contributed by atoms with Crippen molar-refractivity contribution < 1.29 is 28.6 Å². The third-order valence-electron chi connectivity index (χ3n) is 6.11. The van der Waals surface area contributed by atoms with Crippen molar-refractivity contribution in [3.8, 4) is 11.5 Å². The van der Waals surface area contributed by atoms with Crippen LogP contribution < -0.4 is 9.47 Å². The minimum absolute atomic E-state index is 0.138. The van der Waals surface area contributed by atoms with Gasteiger partial charge in [0.25, 0.3) is 11.7 Å². The first-order valence-corrected chi connectivity index (χ1v) is 11.1. The molecule has 0 radical (unpaired) electrons. The number of hydrogen-bond acceptors (Lipinski definition) is 6. The molecule has 0 unspecified atom stereocenters. The molecule has 2 aromatic carbocycles. The van der Waals surface area contributed by atoms with E-state index in [4.69, 9.17) is 9.47 Å². The molecule has 0 aliphatic carbocycles. The van der Waals surface area contributed by atoms with Crippen molar-refractivity contribution in [2.75, 3.05) is 39.4 Å². The van der Waals surface area contributed by atoms with Gasteiger partial charge in [-0.25, -0.2) is 4.39 Å². The molecule has 2 aromatic rings. The van der Waals surface area contributed by atoms with Gasteiger partial charge in [-0.3, -0.25) is 9.59 Å². The van der Waals surface area contributed by atoms with Crippen LogP contribution in [0.3, 0.4) is 0 Å². The molecule has 7 nitrogen and oxygen atoms in total. The fourth-order valence-electron chi connectivity index (χ4n) is 4.27. The topological polar surface area (TPSA) is 79.3 Å². The number of likely N-dealkylation sites (tertiary alicyclic amines) is 1. The first kappa shape index (κ1) is 22.8. The number of halogens is 1. The van der Waals surface area contributed by atoms with E-state index in [2.05, 4.69) is 4.90 Å². The van der Waals surface area contributed by atoms with E-state index in [1.807, 2.05) is 13.8 Å². The van der Waals surface area contributed by atoms with Crippen LogP contribution in [0.5, 0.6) is 11.5 Å². The van der Waals surface area contributed by atoms with E-state index in [1.54, 1.807) is 30.3 Å². The molecule has 1 amide bonds. The van der Waals surface area contributed by atoms with E-state index in [0.717, 1.165) is 13.1 Å². The van der Waals surface area contributed by atoms with Gasteiger partial charge in [0, 0.05) is 24.2 Å². The second-order valence-electron chi connectivity index (χ2n) is 7.90. The highest BCUT2D eigenvalue weighted by atomic mass is 19.1. The van der Waals surface area contributed by atoms with Crippen molar-refractivity contribution in [2.45, 2.75) is 19.9 Å². The van der Waals surface area contributed by atoms with Gasteiger partial charge < -0.3 is 24.4 Å². The number of ketones is 1. The molecule has 2 aliphatic rings. The summed E-state index contributed by atoms with van der Waals surface area (Å²) in [6.07, 6.45) is 0. The maximum Gasteiger partial charge on any atom is 0.295 e. The normalized spacial score (nSPS) is 19.4. The minimum Gasteiger partial charge on any atom is -0.507 e. The number of ether oxygens (including phenoxy) is 2. The molecule has 1 atom stereocenters. The summed E-state index contributed by atoms with van der Waals surface area (Å²) in [7, 11) is 0. The van der Waals surface area contributed by atoms with Crippen molar-refractivity contribution in [1.29, 1.82) is 0 Å². The van der Waals surface area contributed by atoms with E-state index in [9.17, 15) is 19.1 Å². The summed E-state index contributed by atoms with van der Waals surface area (Å²) in [4.78, 5) is 29.6. The van der Waals surface area contributed by atoms with Gasteiger partial charge in [-0.05, 0) is 37.4 Å². The van der Waals surface area contributed by atoms with Crippen molar-refractivity contribution >= 4 is 17.4 Å². The summed E-state index contributed by atoms with van der Waals surface area (Å²) in [6.45, 7) is 7.11. The number of aliphatic hydroxyl groups is 1. The Morgan fingerprint density at radius 1 is 1.09 bits per heavy atom. The molecular weight excluding hydrogens is 427 g/mol. The van der Waals surface area contributed by atoms with Gasteiger partial charge in [0.1, 0.15) is 24.8 Å². The number of Topliss-reactive ketones (excluding diaryl/α,β-unsaturated/α-hetero) is 1. The quantitative estimate of drug-likeness (QED) is 0.393. The molecule has 4 rings (SSSR count). The first-order chi connectivity index (χ1) is 16.0. The third-order valence-corrected chi connectivity index (χ3v) is 6.11. The molecule has 2 heterocycles. The van der Waals surface area contributed by atoms with E-state index >= 15 is 0 Å². The highest BCUT2D eigenvalue weighted by molar-refractivity contribution is 6.46. The number of amides is 1. The Balaban J connectivity index is 1.80. The van der Waals surface area contributed by atoms with Crippen LogP contribution in [0.4, 0.5) is 4.39 Å². The van der Waals surface area contributed by atoms with Gasteiger partial charge in [0.2, 0.25) is 0 Å². The third kappa shape index (κ3) is 4.30. The Labute approximate surface area is 192 Å². The van der Waals surface area contributed by atoms with Gasteiger partial charge in [-0.1, -0.05) is 32.0 Å². The smallest absolute Gasteiger partial charge is 0.295 e. The maximum atomic E-state index is 14.9. The van der Waals surface area contributed by atoms with Crippen molar-refractivity contribution in [2.24, 2.45) is 0 Å². The molecule has 0 spiro atoms. The fourth-order valence-corrected chi connectivity index (χ4v) is 4.27. The molecular formula is C25H27FN2O5. The molecule has 0 bridgehead atoms. The number of nitrogens with zero attached hydrogens (tertiary/aromatic N) is 2. The van der Waals surface area contributed by atoms with Gasteiger partial charge in [0.05, 0.1) is 11.6 Å². The highest BCUT2D eigenvalue weighted by Crippen LogP contribution is 2.41. The molecule has 174 valence electrons. The van der Waals surface area contributed by atoms with Crippen molar-refractivity contribution in [3.05, 3.63) is 65.0 Å². The zero-order valence-corrected chi connectivity index (χ0v) is 18.7. The Hall–Kier alpha value is -3.39. The molecule has 33 heavy (non-hydrogen) atoms. The van der Waals surface area contributed by atoms with Crippen LogP contribution in [0.25, 0.3) is 5.76 Å². The summed E-state index contributed by atoms with van der Waals surface area (Å²) in [5, 5.41) is 11.2. The molecule has 0 saturated carbocycles. The number of hydrogen-bond donors (Lipinski definition) is 1. The van der Waals surface area contributed by atoms with E-state index in [0.29, 0.717) is 36.8 Å². The van der Waals surface area contributed by atoms with Crippen molar-refractivity contribution in [1.82, 2.24) is 9.80 Å². The summed E-state index contributed by atoms with van der Waals surface area (Å²) in [5.74, 6) is -1.55. The molecule has 8 heteroatoms. The number of rotatable bonds is 7. The number of likely N-dealkylation sites (N-methyl/N-ethyl adjacent to an activating group) is 1. The lowest BCUT2D eigenvalue weighted by molar-refractivity contribution is -0.140. The number of benzene rings is 2. The largest absolute Gasteiger partial charge is 0.507 e. The van der Waals surface area contributed by atoms with Gasteiger partial charge in [0.15, 0.2) is 11.5 Å². The van der Waals surface area contributed by atoms with Gasteiger partial charge in [-0.15, -0.1) is 0 Å². The number of carbonyl (C=O) groups is 2. The first-order valence-electron chi connectivity index (χ1n) is 11.1. The Morgan fingerprint density at radius 2 is 1.79 bits per heavy atom. The molecule has 1 N–H and O–H groups in total. The molecule has 1 fully saturated rings. The molecule has 0 aromatic heterocycles. The number of carbonyl (C=O) groups excluding carboxylic acids is 2. The standard InChI is InChI=1S/C25H27FN2O5/c1-3-27(4-2)11-12-28-22(17-7-5-6-8-18(17)26)21(24(30)25(28)31)23(29)16-9-10-19-20(15-16)33-14-13-32-19/h5-10,15,22,29H,3-4,11-14H2,1-2H3/t22-/m0/s1. The Bertz CT molecular complexity index is 1100. The highest BCUT2D eigenvalue weighted by Gasteiger charge is 2.46. The Morgan fingerprint density at radius 3 is 2.48 bits per heavy atom. The van der Waals surface area contributed by atoms with Crippen LogP contribution in [0, 0.1) is 5.82 Å². The van der Waals surface area contributed by atoms with Gasteiger partial charge >= 0.3 is 0 Å². The average molecular weight is 454 g/mol. The summed E-state index contributed by atoms with van der Waals surface area (Å²) < 4.78 is 26.0. The van der Waals surface area contributed by atoms with Crippen LogP contribution in [-0.4, -0.2) is 66.0 Å². The zero-order chi connectivity index (χ0) is 23.5. The fraction of sp³-hybridized carbons (Fsp3) is 0.360. The van der Waals surface area contributed by atoms with Crippen molar-refractivity contribution in [3.63, 3.8) is 0 Å². The van der Waals surface area contributed by atoms with E-state index in [1.165, 1.54) is 17.0 Å². The van der Waals surface area contributed by atoms with Crippen LogP contribution in [0.15, 0.2) is 48.0 Å². The second-order valence-corrected chi connectivity index (χ2v) is 7.90. The SMILES string of the molecule is CCN(CC)CCN1C(=O)C(=O)C(=C(O)c2ccc3c(c2)OCCO3)[C@@H]1c1ccccc1F. The van der Waals surface area contributed by atoms with Crippen LogP contribution in [-0.2, 0) is 9.59 Å². The molecule has 1 saturated heterocycles. The zero-order valence-electron chi connectivity index (χ0n) is 18.7. The van der Waals surface area contributed by atoms with Crippen LogP contribution in [0.1, 0.15) is 31.0 Å². The number of fused-ring (bicyclic) bond motifs is 1.